The average Bonchev–Trinajstić information content (AvgIpc) is 2.68. The van der Waals surface area contributed by atoms with Crippen LogP contribution in [0.4, 0.5) is 0 Å². The third-order valence-electron chi connectivity index (χ3n) is 3.91. The molecule has 0 atom stereocenters. The van der Waals surface area contributed by atoms with Crippen LogP contribution in [-0.4, -0.2) is 10.8 Å². The molecule has 1 heterocycles. The number of fused-ring (bicyclic) bond motifs is 1. The predicted octanol–water partition coefficient (Wildman–Crippen LogP) is 3.85. The fourth-order valence-electron chi connectivity index (χ4n) is 2.66. The predicted molar refractivity (Wildman–Crippen MR) is 69.3 cm³/mol. The molecule has 0 bridgehead atoms. The van der Waals surface area contributed by atoms with Gasteiger partial charge in [0.15, 0.2) is 5.78 Å². The van der Waals surface area contributed by atoms with Crippen LogP contribution in [0.1, 0.15) is 41.6 Å². The van der Waals surface area contributed by atoms with E-state index in [-0.39, 0.29) is 0 Å². The lowest BCUT2D eigenvalue weighted by Crippen LogP contribution is -2.15. The molecule has 0 amide bonds. The maximum absolute atomic E-state index is 12.3. The minimum atomic E-state index is 0.301. The Kier molecular flexibility index (Phi) is 2.50. The van der Waals surface area contributed by atoms with Crippen LogP contribution in [0.2, 0.25) is 0 Å². The molecule has 0 saturated heterocycles. The van der Waals surface area contributed by atoms with Crippen molar-refractivity contribution < 1.29 is 4.79 Å². The summed E-state index contributed by atoms with van der Waals surface area (Å²) in [6.07, 6.45) is 6.35. The zero-order chi connectivity index (χ0) is 11.8. The largest absolute Gasteiger partial charge is 0.360 e. The molecule has 2 aromatic rings. The zero-order valence-corrected chi connectivity index (χ0v) is 10.1. The molecule has 2 heteroatoms. The van der Waals surface area contributed by atoms with Gasteiger partial charge in [-0.2, -0.15) is 0 Å². The number of hydrogen-bond donors (Lipinski definition) is 1. The summed E-state index contributed by atoms with van der Waals surface area (Å²) < 4.78 is 0. The van der Waals surface area contributed by atoms with E-state index in [0.29, 0.717) is 11.7 Å². The summed E-state index contributed by atoms with van der Waals surface area (Å²) in [6, 6.07) is 6.12. The van der Waals surface area contributed by atoms with E-state index in [2.05, 4.69) is 18.0 Å². The van der Waals surface area contributed by atoms with E-state index in [1.807, 2.05) is 18.3 Å². The van der Waals surface area contributed by atoms with E-state index in [0.717, 1.165) is 22.9 Å². The number of nitrogens with one attached hydrogen (secondary N) is 1. The number of rotatable bonds is 3. The molecule has 0 unspecified atom stereocenters. The first kappa shape index (κ1) is 10.6. The van der Waals surface area contributed by atoms with E-state index >= 15 is 0 Å². The summed E-state index contributed by atoms with van der Waals surface area (Å²) in [5.74, 6) is 0.937. The number of aromatic amines is 1. The number of benzene rings is 1. The summed E-state index contributed by atoms with van der Waals surface area (Å²) in [5, 5.41) is 1.11. The molecular weight excluding hydrogens is 210 g/mol. The molecule has 1 saturated carbocycles. The van der Waals surface area contributed by atoms with Crippen LogP contribution < -0.4 is 0 Å². The number of carbonyl (C=O) groups excluding carboxylic acids is 1. The Morgan fingerprint density at radius 1 is 1.41 bits per heavy atom. The lowest BCUT2D eigenvalue weighted by atomic mass is 9.81. The van der Waals surface area contributed by atoms with E-state index < -0.39 is 0 Å². The van der Waals surface area contributed by atoms with Crippen LogP contribution in [0.15, 0.2) is 24.4 Å². The summed E-state index contributed by atoms with van der Waals surface area (Å²) in [7, 11) is 0. The first-order chi connectivity index (χ1) is 8.25. The Hall–Kier alpha value is -1.57. The van der Waals surface area contributed by atoms with Crippen molar-refractivity contribution in [3.63, 3.8) is 0 Å². The van der Waals surface area contributed by atoms with Gasteiger partial charge in [0.1, 0.15) is 0 Å². The maximum Gasteiger partial charge on any atom is 0.165 e. The second kappa shape index (κ2) is 4.02. The molecule has 0 radical (unpaired) electrons. The minimum Gasteiger partial charge on any atom is -0.360 e. The standard InChI is InChI=1S/C15H17NO/c1-10-4-2-7-13-15(10)12(9-16-13)14(17)8-11-5-3-6-11/h2,4,7,9,11,16H,3,5-6,8H2,1H3. The van der Waals surface area contributed by atoms with Crippen molar-refractivity contribution in [3.8, 4) is 0 Å². The Morgan fingerprint density at radius 3 is 2.94 bits per heavy atom. The molecule has 88 valence electrons. The van der Waals surface area contributed by atoms with Crippen molar-refractivity contribution >= 4 is 16.7 Å². The highest BCUT2D eigenvalue weighted by molar-refractivity contribution is 6.09. The van der Waals surface area contributed by atoms with Gasteiger partial charge in [-0.15, -0.1) is 0 Å². The normalized spacial score (nSPS) is 16.1. The Morgan fingerprint density at radius 2 is 2.24 bits per heavy atom. The fourth-order valence-corrected chi connectivity index (χ4v) is 2.66. The van der Waals surface area contributed by atoms with Crippen molar-refractivity contribution in [2.45, 2.75) is 32.6 Å². The van der Waals surface area contributed by atoms with Crippen LogP contribution in [0.3, 0.4) is 0 Å². The first-order valence-electron chi connectivity index (χ1n) is 6.35. The van der Waals surface area contributed by atoms with Gasteiger partial charge in [-0.1, -0.05) is 31.4 Å². The van der Waals surface area contributed by atoms with Crippen LogP contribution in [0.5, 0.6) is 0 Å². The number of carbonyl (C=O) groups is 1. The number of aromatic nitrogens is 1. The second-order valence-corrected chi connectivity index (χ2v) is 5.12. The van der Waals surface area contributed by atoms with Crippen LogP contribution in [-0.2, 0) is 0 Å². The molecule has 17 heavy (non-hydrogen) atoms. The minimum absolute atomic E-state index is 0.301. The number of hydrogen-bond acceptors (Lipinski definition) is 1. The molecule has 1 aliphatic carbocycles. The summed E-state index contributed by atoms with van der Waals surface area (Å²) >= 11 is 0. The Balaban J connectivity index is 1.96. The highest BCUT2D eigenvalue weighted by Gasteiger charge is 2.23. The summed E-state index contributed by atoms with van der Waals surface area (Å²) in [4.78, 5) is 15.5. The van der Waals surface area contributed by atoms with E-state index in [1.54, 1.807) is 0 Å². The van der Waals surface area contributed by atoms with Crippen molar-refractivity contribution in [3.05, 3.63) is 35.5 Å². The van der Waals surface area contributed by atoms with E-state index in [1.165, 1.54) is 24.8 Å². The number of ketones is 1. The van der Waals surface area contributed by atoms with Gasteiger partial charge in [0.2, 0.25) is 0 Å². The van der Waals surface area contributed by atoms with Crippen molar-refractivity contribution in [1.29, 1.82) is 0 Å². The van der Waals surface area contributed by atoms with Gasteiger partial charge in [-0.05, 0) is 24.5 Å². The molecule has 0 spiro atoms. The van der Waals surface area contributed by atoms with Crippen molar-refractivity contribution in [2.24, 2.45) is 5.92 Å². The number of H-pyrrole nitrogens is 1. The van der Waals surface area contributed by atoms with Gasteiger partial charge in [0, 0.05) is 29.1 Å². The highest BCUT2D eigenvalue weighted by Crippen LogP contribution is 2.32. The molecule has 0 aliphatic heterocycles. The van der Waals surface area contributed by atoms with Crippen molar-refractivity contribution in [1.82, 2.24) is 4.98 Å². The smallest absolute Gasteiger partial charge is 0.165 e. The second-order valence-electron chi connectivity index (χ2n) is 5.12. The number of aryl methyl sites for hydroxylation is 1. The van der Waals surface area contributed by atoms with Gasteiger partial charge < -0.3 is 4.98 Å². The monoisotopic (exact) mass is 227 g/mol. The third-order valence-corrected chi connectivity index (χ3v) is 3.91. The number of Topliss-reactive ketones (excluding diaryl/α,β-unsaturated/α-hetero) is 1. The lowest BCUT2D eigenvalue weighted by molar-refractivity contribution is 0.0938. The molecule has 1 aromatic heterocycles. The lowest BCUT2D eigenvalue weighted by Gasteiger charge is -2.24. The molecule has 1 N–H and O–H groups in total. The van der Waals surface area contributed by atoms with Gasteiger partial charge in [-0.3, -0.25) is 4.79 Å². The Labute approximate surface area is 101 Å². The SMILES string of the molecule is Cc1cccc2[nH]cc(C(=O)CC3CCC3)c12. The topological polar surface area (TPSA) is 32.9 Å². The average molecular weight is 227 g/mol. The molecule has 3 rings (SSSR count). The fraction of sp³-hybridized carbons (Fsp3) is 0.400. The van der Waals surface area contributed by atoms with E-state index in [9.17, 15) is 4.79 Å². The van der Waals surface area contributed by atoms with E-state index in [4.69, 9.17) is 0 Å². The first-order valence-corrected chi connectivity index (χ1v) is 6.35. The zero-order valence-electron chi connectivity index (χ0n) is 10.1. The molecule has 1 aliphatic rings. The maximum atomic E-state index is 12.3. The summed E-state index contributed by atoms with van der Waals surface area (Å²) in [5.41, 5.74) is 3.13. The molecule has 1 fully saturated rings. The molecule has 1 aromatic carbocycles. The Bertz CT molecular complexity index is 563. The van der Waals surface area contributed by atoms with Crippen LogP contribution in [0.25, 0.3) is 10.9 Å². The van der Waals surface area contributed by atoms with Crippen molar-refractivity contribution in [2.75, 3.05) is 0 Å². The van der Waals surface area contributed by atoms with Gasteiger partial charge in [-0.25, -0.2) is 0 Å². The summed E-state index contributed by atoms with van der Waals surface area (Å²) in [6.45, 7) is 2.07. The van der Waals surface area contributed by atoms with Crippen LogP contribution >= 0.6 is 0 Å². The van der Waals surface area contributed by atoms with Crippen LogP contribution in [0, 0.1) is 12.8 Å². The molecular formula is C15H17NO. The van der Waals surface area contributed by atoms with Gasteiger partial charge in [0.25, 0.3) is 0 Å². The quantitative estimate of drug-likeness (QED) is 0.794. The van der Waals surface area contributed by atoms with Gasteiger partial charge in [0.05, 0.1) is 0 Å². The highest BCUT2D eigenvalue weighted by atomic mass is 16.1. The third kappa shape index (κ3) is 1.78. The van der Waals surface area contributed by atoms with Gasteiger partial charge >= 0.3 is 0 Å². The molecule has 2 nitrogen and oxygen atoms in total.